The summed E-state index contributed by atoms with van der Waals surface area (Å²) in [6.07, 6.45) is 8.92. The predicted octanol–water partition coefficient (Wildman–Crippen LogP) is 2.67. The van der Waals surface area contributed by atoms with E-state index in [1.54, 1.807) is 6.20 Å². The van der Waals surface area contributed by atoms with Gasteiger partial charge in [0, 0.05) is 37.4 Å². The van der Waals surface area contributed by atoms with Crippen molar-refractivity contribution in [1.29, 1.82) is 0 Å². The number of amides is 2. The molecule has 27 heavy (non-hydrogen) atoms. The van der Waals surface area contributed by atoms with Crippen LogP contribution in [0.2, 0.25) is 0 Å². The number of rotatable bonds is 7. The number of terminal acetylenes is 1. The number of benzene rings is 1. The van der Waals surface area contributed by atoms with Gasteiger partial charge in [-0.15, -0.1) is 6.42 Å². The lowest BCUT2D eigenvalue weighted by Gasteiger charge is -2.53. The molecule has 1 aromatic carbocycles. The Kier molecular flexibility index (Phi) is 5.82. The van der Waals surface area contributed by atoms with Crippen LogP contribution in [0.15, 0.2) is 42.7 Å². The van der Waals surface area contributed by atoms with E-state index in [1.807, 2.05) is 29.3 Å². The second-order valence-corrected chi connectivity index (χ2v) is 7.41. The van der Waals surface area contributed by atoms with Crippen LogP contribution in [0.1, 0.15) is 31.3 Å². The molecule has 1 aliphatic heterocycles. The van der Waals surface area contributed by atoms with Crippen LogP contribution >= 0.6 is 0 Å². The summed E-state index contributed by atoms with van der Waals surface area (Å²) in [7, 11) is 0. The molecule has 2 aromatic rings. The molecule has 0 bridgehead atoms. The molecule has 1 saturated heterocycles. The third-order valence-electron chi connectivity index (χ3n) is 4.79. The summed E-state index contributed by atoms with van der Waals surface area (Å²) >= 11 is 0. The zero-order chi connectivity index (χ0) is 19.3. The maximum absolute atomic E-state index is 12.6. The number of urea groups is 1. The molecule has 0 aliphatic carbocycles. The second kappa shape index (κ2) is 8.28. The number of carbonyl (C=O) groups excluding carboxylic acids is 1. The fourth-order valence-electron chi connectivity index (χ4n) is 3.55. The zero-order valence-corrected chi connectivity index (χ0v) is 15.9. The van der Waals surface area contributed by atoms with Gasteiger partial charge in [-0.25, -0.2) is 9.78 Å². The van der Waals surface area contributed by atoms with E-state index >= 15 is 0 Å². The lowest BCUT2D eigenvalue weighted by Crippen LogP contribution is -2.61. The highest BCUT2D eigenvalue weighted by molar-refractivity contribution is 5.76. The Morgan fingerprint density at radius 3 is 2.89 bits per heavy atom. The number of carbonyl (C=O) groups is 1. The first kappa shape index (κ1) is 19.0. The maximum Gasteiger partial charge on any atom is 0.318 e. The summed E-state index contributed by atoms with van der Waals surface area (Å²) in [5.74, 6) is 3.32. The lowest BCUT2D eigenvalue weighted by atomic mass is 9.74. The van der Waals surface area contributed by atoms with Crippen LogP contribution in [-0.2, 0) is 11.3 Å². The monoisotopic (exact) mass is 366 g/mol. The summed E-state index contributed by atoms with van der Waals surface area (Å²) in [5, 5.41) is 2.90. The van der Waals surface area contributed by atoms with Crippen LogP contribution in [-0.4, -0.2) is 46.8 Å². The Morgan fingerprint density at radius 2 is 2.19 bits per heavy atom. The van der Waals surface area contributed by atoms with E-state index in [0.29, 0.717) is 19.7 Å². The van der Waals surface area contributed by atoms with Crippen LogP contribution in [0.4, 0.5) is 4.79 Å². The van der Waals surface area contributed by atoms with Gasteiger partial charge in [0.15, 0.2) is 0 Å². The normalized spacial score (nSPS) is 17.8. The van der Waals surface area contributed by atoms with Crippen molar-refractivity contribution in [2.75, 3.05) is 26.3 Å². The van der Waals surface area contributed by atoms with Crippen molar-refractivity contribution >= 4 is 6.03 Å². The number of nitrogens with one attached hydrogen (secondary N) is 1. The third kappa shape index (κ3) is 4.32. The smallest absolute Gasteiger partial charge is 0.318 e. The SMILES string of the molecule is C#CCOCCNC(=O)N1CC(C)(C)C1c1nccn1Cc1ccccc1. The molecular formula is C21H26N4O2. The number of nitrogens with zero attached hydrogens (tertiary/aromatic N) is 3. The van der Waals surface area contributed by atoms with Gasteiger partial charge in [0.05, 0.1) is 12.6 Å². The number of ether oxygens (including phenoxy) is 1. The highest BCUT2D eigenvalue weighted by atomic mass is 16.5. The van der Waals surface area contributed by atoms with Gasteiger partial charge >= 0.3 is 6.03 Å². The number of aromatic nitrogens is 2. The third-order valence-corrected chi connectivity index (χ3v) is 4.79. The van der Waals surface area contributed by atoms with Crippen molar-refractivity contribution in [3.63, 3.8) is 0 Å². The van der Waals surface area contributed by atoms with Crippen molar-refractivity contribution in [3.05, 3.63) is 54.1 Å². The van der Waals surface area contributed by atoms with Crippen molar-refractivity contribution in [2.24, 2.45) is 5.41 Å². The van der Waals surface area contributed by atoms with Gasteiger partial charge in [-0.2, -0.15) is 0 Å². The van der Waals surface area contributed by atoms with Gasteiger partial charge in [0.25, 0.3) is 0 Å². The van der Waals surface area contributed by atoms with Crippen molar-refractivity contribution < 1.29 is 9.53 Å². The Morgan fingerprint density at radius 1 is 1.41 bits per heavy atom. The summed E-state index contributed by atoms with van der Waals surface area (Å²) in [6, 6.07) is 10.1. The minimum absolute atomic E-state index is 0.0307. The molecule has 1 aromatic heterocycles. The Bertz CT molecular complexity index is 807. The highest BCUT2D eigenvalue weighted by Crippen LogP contribution is 2.47. The average molecular weight is 366 g/mol. The molecular weight excluding hydrogens is 340 g/mol. The molecule has 1 N–H and O–H groups in total. The minimum atomic E-state index is -0.0992. The van der Waals surface area contributed by atoms with Gasteiger partial charge in [-0.05, 0) is 5.56 Å². The van der Waals surface area contributed by atoms with E-state index < -0.39 is 0 Å². The first-order valence-corrected chi connectivity index (χ1v) is 9.13. The molecule has 2 amide bonds. The van der Waals surface area contributed by atoms with Crippen LogP contribution < -0.4 is 5.32 Å². The molecule has 0 radical (unpaired) electrons. The number of likely N-dealkylation sites (tertiary alicyclic amines) is 1. The molecule has 142 valence electrons. The number of hydrogen-bond acceptors (Lipinski definition) is 3. The van der Waals surface area contributed by atoms with Gasteiger partial charge in [0.2, 0.25) is 0 Å². The Labute approximate surface area is 160 Å². The van der Waals surface area contributed by atoms with E-state index in [2.05, 4.69) is 46.8 Å². The first-order chi connectivity index (χ1) is 13.0. The molecule has 3 rings (SSSR count). The average Bonchev–Trinajstić information content (AvgIpc) is 3.07. The molecule has 1 aliphatic rings. The quantitative estimate of drug-likeness (QED) is 0.605. The predicted molar refractivity (Wildman–Crippen MR) is 104 cm³/mol. The second-order valence-electron chi connectivity index (χ2n) is 7.41. The Hall–Kier alpha value is -2.78. The molecule has 6 nitrogen and oxygen atoms in total. The van der Waals surface area contributed by atoms with E-state index in [9.17, 15) is 4.79 Å². The largest absolute Gasteiger partial charge is 0.367 e. The zero-order valence-electron chi connectivity index (χ0n) is 15.9. The van der Waals surface area contributed by atoms with Crippen molar-refractivity contribution in [3.8, 4) is 12.3 Å². The topological polar surface area (TPSA) is 59.4 Å². The molecule has 2 heterocycles. The molecule has 6 heteroatoms. The molecule has 1 unspecified atom stereocenters. The summed E-state index contributed by atoms with van der Waals surface area (Å²) in [4.78, 5) is 19.0. The molecule has 0 saturated carbocycles. The summed E-state index contributed by atoms with van der Waals surface area (Å²) < 4.78 is 7.33. The standard InChI is InChI=1S/C21H26N4O2/c1-4-13-27-14-11-23-20(26)25-16-21(2,3)18(25)19-22-10-12-24(19)15-17-8-6-5-7-9-17/h1,5-10,12,18H,11,13-16H2,2-3H3,(H,23,26). The van der Waals surface area contributed by atoms with E-state index in [4.69, 9.17) is 11.2 Å². The highest BCUT2D eigenvalue weighted by Gasteiger charge is 2.50. The lowest BCUT2D eigenvalue weighted by molar-refractivity contribution is -0.0236. The van der Waals surface area contributed by atoms with Crippen LogP contribution in [0.25, 0.3) is 0 Å². The van der Waals surface area contributed by atoms with E-state index in [-0.39, 0.29) is 24.1 Å². The van der Waals surface area contributed by atoms with Crippen LogP contribution in [0.3, 0.4) is 0 Å². The molecule has 1 atom stereocenters. The van der Waals surface area contributed by atoms with E-state index in [0.717, 1.165) is 12.4 Å². The summed E-state index contributed by atoms with van der Waals surface area (Å²) in [6.45, 7) is 6.85. The van der Waals surface area contributed by atoms with Crippen LogP contribution in [0, 0.1) is 17.8 Å². The maximum atomic E-state index is 12.6. The molecule has 1 fully saturated rings. The van der Waals surface area contributed by atoms with Gasteiger partial charge in [-0.1, -0.05) is 50.1 Å². The van der Waals surface area contributed by atoms with Crippen molar-refractivity contribution in [2.45, 2.75) is 26.4 Å². The number of imidazole rings is 1. The number of hydrogen-bond donors (Lipinski definition) is 1. The van der Waals surface area contributed by atoms with Gasteiger partial charge in [0.1, 0.15) is 12.4 Å². The fraction of sp³-hybridized carbons (Fsp3) is 0.429. The van der Waals surface area contributed by atoms with Crippen LogP contribution in [0.5, 0.6) is 0 Å². The Balaban J connectivity index is 1.68. The fourth-order valence-corrected chi connectivity index (χ4v) is 3.55. The first-order valence-electron chi connectivity index (χ1n) is 9.13. The minimum Gasteiger partial charge on any atom is -0.367 e. The summed E-state index contributed by atoms with van der Waals surface area (Å²) in [5.41, 5.74) is 1.17. The van der Waals surface area contributed by atoms with Gasteiger partial charge < -0.3 is 19.5 Å². The molecule has 0 spiro atoms. The van der Waals surface area contributed by atoms with Crippen molar-refractivity contribution in [1.82, 2.24) is 19.8 Å². The van der Waals surface area contributed by atoms with Gasteiger partial charge in [-0.3, -0.25) is 0 Å². The van der Waals surface area contributed by atoms with E-state index in [1.165, 1.54) is 5.56 Å².